The summed E-state index contributed by atoms with van der Waals surface area (Å²) in [5.41, 5.74) is -15.5. The van der Waals surface area contributed by atoms with Crippen LogP contribution in [-0.2, 0) is 53.5 Å². The van der Waals surface area contributed by atoms with Gasteiger partial charge in [-0.25, -0.2) is 0 Å². The number of halogens is 12. The van der Waals surface area contributed by atoms with Gasteiger partial charge < -0.3 is 40.4 Å². The van der Waals surface area contributed by atoms with Crippen molar-refractivity contribution in [2.75, 3.05) is 75.2 Å². The van der Waals surface area contributed by atoms with Crippen molar-refractivity contribution in [2.24, 2.45) is 11.8 Å². The molecular weight excluding hydrogens is 1190 g/mol. The van der Waals surface area contributed by atoms with E-state index in [-0.39, 0.29) is 125 Å². The van der Waals surface area contributed by atoms with E-state index in [2.05, 4.69) is 10.6 Å². The van der Waals surface area contributed by atoms with Crippen LogP contribution in [0.4, 0.5) is 64.1 Å². The zero-order valence-electron chi connectivity index (χ0n) is 46.5. The van der Waals surface area contributed by atoms with Crippen LogP contribution in [0.1, 0.15) is 97.6 Å². The molecule has 4 amide bonds. The minimum absolute atomic E-state index is 0.0539. The van der Waals surface area contributed by atoms with Gasteiger partial charge in [-0.05, 0) is 110 Å². The summed E-state index contributed by atoms with van der Waals surface area (Å²) in [5, 5.41) is 24.8. The molecule has 4 heterocycles. The highest BCUT2D eigenvalue weighted by molar-refractivity contribution is 7.99. The number of carboxylic acid groups (broad SMARTS) is 2. The molecule has 2 unspecified atom stereocenters. The van der Waals surface area contributed by atoms with Crippen LogP contribution in [0, 0.1) is 11.8 Å². The molecule has 27 heteroatoms. The lowest BCUT2D eigenvalue weighted by molar-refractivity contribution is -0.164. The maximum Gasteiger partial charge on any atom is 0.418 e. The molecule has 4 aromatic carbocycles. The molecule has 4 aliphatic heterocycles. The van der Waals surface area contributed by atoms with Crippen molar-refractivity contribution in [3.05, 3.63) is 106 Å². The van der Waals surface area contributed by atoms with Crippen molar-refractivity contribution in [1.29, 1.82) is 0 Å². The molecule has 4 fully saturated rings. The Hall–Kier alpha value is -7.71. The van der Waals surface area contributed by atoms with E-state index in [1.807, 2.05) is 0 Å². The highest BCUT2D eigenvalue weighted by Crippen LogP contribution is 2.56. The highest BCUT2D eigenvalue weighted by atomic mass is 32.2. The number of likely N-dealkylation sites (tertiary alicyclic amines) is 2. The molecule has 0 bridgehead atoms. The van der Waals surface area contributed by atoms with Gasteiger partial charge in [0.25, 0.3) is 0 Å². The number of benzene rings is 4. The molecule has 4 aliphatic rings. The van der Waals surface area contributed by atoms with Crippen LogP contribution in [-0.4, -0.2) is 121 Å². The van der Waals surface area contributed by atoms with Crippen molar-refractivity contribution >= 4 is 70.9 Å². The first kappa shape index (κ1) is 65.3. The number of amides is 4. The number of rotatable bonds is 20. The Labute approximate surface area is 495 Å². The van der Waals surface area contributed by atoms with Gasteiger partial charge in [-0.1, -0.05) is 48.2 Å². The molecular formula is C60H60F12N6O8S. The van der Waals surface area contributed by atoms with Crippen molar-refractivity contribution in [3.8, 4) is 22.3 Å². The lowest BCUT2D eigenvalue weighted by Crippen LogP contribution is -2.39. The number of anilines is 2. The van der Waals surface area contributed by atoms with Gasteiger partial charge in [0.1, 0.15) is 0 Å². The first-order valence-corrected chi connectivity index (χ1v) is 28.8. The van der Waals surface area contributed by atoms with Crippen LogP contribution < -0.4 is 20.4 Å². The molecule has 0 spiro atoms. The fourth-order valence-corrected chi connectivity index (χ4v) is 12.8. The minimum Gasteiger partial charge on any atom is -0.481 e. The van der Waals surface area contributed by atoms with Gasteiger partial charge in [-0.2, -0.15) is 52.7 Å². The minimum atomic E-state index is -6.18. The van der Waals surface area contributed by atoms with Gasteiger partial charge in [0.2, 0.25) is 23.6 Å². The van der Waals surface area contributed by atoms with Gasteiger partial charge >= 0.3 is 36.6 Å². The Morgan fingerprint density at radius 2 is 0.885 bits per heavy atom. The fraction of sp³-hybridized carbons (Fsp3) is 0.433. The second-order valence-electron chi connectivity index (χ2n) is 21.5. The summed E-state index contributed by atoms with van der Waals surface area (Å²) in [5.74, 6) is -7.12. The van der Waals surface area contributed by atoms with Crippen molar-refractivity contribution < 1.29 is 91.7 Å². The molecule has 4 aromatic rings. The molecule has 8 rings (SSSR count). The van der Waals surface area contributed by atoms with Crippen LogP contribution in [0.25, 0.3) is 34.4 Å². The van der Waals surface area contributed by atoms with Gasteiger partial charge in [-0.3, -0.25) is 28.8 Å². The summed E-state index contributed by atoms with van der Waals surface area (Å²) in [7, 11) is 0. The van der Waals surface area contributed by atoms with E-state index in [0.29, 0.717) is 75.2 Å². The predicted molar refractivity (Wildman–Crippen MR) is 298 cm³/mol. The first-order valence-electron chi connectivity index (χ1n) is 28.0. The summed E-state index contributed by atoms with van der Waals surface area (Å²) in [6.45, 7) is 0.542. The zero-order chi connectivity index (χ0) is 63.2. The van der Waals surface area contributed by atoms with Gasteiger partial charge in [0.05, 0.1) is 34.1 Å². The Morgan fingerprint density at radius 1 is 0.517 bits per heavy atom. The van der Waals surface area contributed by atoms with Crippen molar-refractivity contribution in [2.45, 2.75) is 98.7 Å². The van der Waals surface area contributed by atoms with Gasteiger partial charge in [-0.15, -0.1) is 0 Å². The standard InChI is InChI=1S/C60H60F12N6O8S/c61-57(62,63)51-39(19-21-47(79)73-23-9-29-75-25-7-17-49(75)81)41(37-13-1-3-15-43(37)77-27-5-11-35(33-77)55(83)84)31-45(53(51)59(67,68)69)87-46-32-42(38-14-2-4-16-44(38)78-28-6-12-36(34-78)56(85)86)40(52(58(64,65)66)54(46)60(70,71)72)20-22-48(80)74-24-10-30-76-26-8-18-50(76)82/h1-4,13-16,19-22,31-32,35-36H,5-12,17-18,23-30,33-34H2,(H,73,79)(H,74,80)(H,83,84)(H,85,86)/b21-19+,22-20+. The third-order valence-corrected chi connectivity index (χ3v) is 16.7. The topological polar surface area (TPSA) is 180 Å². The smallest absolute Gasteiger partial charge is 0.418 e. The number of aliphatic carboxylic acids is 2. The molecule has 0 radical (unpaired) electrons. The average molecular weight is 1250 g/mol. The molecule has 14 nitrogen and oxygen atoms in total. The summed E-state index contributed by atoms with van der Waals surface area (Å²) >= 11 is -0.707. The van der Waals surface area contributed by atoms with E-state index >= 15 is 52.7 Å². The van der Waals surface area contributed by atoms with Crippen molar-refractivity contribution in [1.82, 2.24) is 20.4 Å². The van der Waals surface area contributed by atoms with Gasteiger partial charge in [0, 0.05) is 123 Å². The zero-order valence-corrected chi connectivity index (χ0v) is 47.3. The third-order valence-electron chi connectivity index (χ3n) is 15.6. The Morgan fingerprint density at radius 3 is 1.22 bits per heavy atom. The van der Waals surface area contributed by atoms with E-state index in [0.717, 1.165) is 12.1 Å². The maximum absolute atomic E-state index is 16.1. The number of alkyl halides is 12. The Bertz CT molecular complexity index is 3110. The van der Waals surface area contributed by atoms with E-state index < -0.39 is 126 Å². The van der Waals surface area contributed by atoms with Crippen LogP contribution in [0.15, 0.2) is 82.6 Å². The van der Waals surface area contributed by atoms with E-state index in [1.165, 1.54) is 56.0 Å². The number of nitrogens with zero attached hydrogens (tertiary/aromatic N) is 4. The number of piperidine rings is 2. The molecule has 2 atom stereocenters. The normalized spacial score (nSPS) is 18.2. The summed E-state index contributed by atoms with van der Waals surface area (Å²) < 4.78 is 193. The lowest BCUT2D eigenvalue weighted by Gasteiger charge is -2.34. The Balaban J connectivity index is 1.37. The van der Waals surface area contributed by atoms with E-state index in [1.54, 1.807) is 0 Å². The number of para-hydroxylation sites is 2. The largest absolute Gasteiger partial charge is 0.481 e. The molecule has 0 aromatic heterocycles. The number of hydrogen-bond donors (Lipinski definition) is 4. The second kappa shape index (κ2) is 27.1. The molecule has 0 saturated carbocycles. The highest BCUT2D eigenvalue weighted by Gasteiger charge is 2.51. The molecule has 4 saturated heterocycles. The van der Waals surface area contributed by atoms with Gasteiger partial charge in [0.15, 0.2) is 0 Å². The maximum atomic E-state index is 16.1. The number of carbonyl (C=O) groups is 6. The number of hydrogen-bond acceptors (Lipinski definition) is 9. The summed E-state index contributed by atoms with van der Waals surface area (Å²) in [4.78, 5) is 78.0. The first-order chi connectivity index (χ1) is 41.0. The Kier molecular flexibility index (Phi) is 20.4. The van der Waals surface area contributed by atoms with Crippen LogP contribution >= 0.6 is 11.8 Å². The number of carboxylic acids is 2. The SMILES string of the molecule is O=C(/C=C/c1c(-c2ccccc2N2CCCC(C(=O)O)C2)cc(Sc2cc(-c3ccccc3N3CCCC(C(=O)O)C3)c(/C=C/C(=O)NCCCN3CCCC3=O)c(C(F)(F)F)c2C(F)(F)F)c(C(F)(F)F)c1C(F)(F)F)NCCCN1CCCC1=O. The quantitative estimate of drug-likeness (QED) is 0.0376. The molecule has 87 heavy (non-hydrogen) atoms. The van der Waals surface area contributed by atoms with Crippen molar-refractivity contribution in [3.63, 3.8) is 0 Å². The fourth-order valence-electron chi connectivity index (χ4n) is 11.6. The van der Waals surface area contributed by atoms with Crippen LogP contribution in [0.3, 0.4) is 0 Å². The van der Waals surface area contributed by atoms with Crippen LogP contribution in [0.2, 0.25) is 0 Å². The number of nitrogens with one attached hydrogen (secondary N) is 2. The van der Waals surface area contributed by atoms with E-state index in [9.17, 15) is 39.0 Å². The monoisotopic (exact) mass is 1250 g/mol. The molecule has 0 aliphatic carbocycles. The molecule has 468 valence electrons. The summed E-state index contributed by atoms with van der Waals surface area (Å²) in [6, 6.07) is 11.1. The van der Waals surface area contributed by atoms with Crippen LogP contribution in [0.5, 0.6) is 0 Å². The lowest BCUT2D eigenvalue weighted by atomic mass is 9.88. The second-order valence-corrected chi connectivity index (χ2v) is 22.6. The third kappa shape index (κ3) is 15.7. The predicted octanol–water partition coefficient (Wildman–Crippen LogP) is 12.1. The summed E-state index contributed by atoms with van der Waals surface area (Å²) in [6.07, 6.45) is -19.9. The van der Waals surface area contributed by atoms with E-state index in [4.69, 9.17) is 0 Å². The number of carbonyl (C=O) groups excluding carboxylic acids is 4. The molecule has 4 N–H and O–H groups in total. The average Bonchev–Trinajstić information content (AvgIpc) is 0.969.